The SMILES string of the molecule is CCC.CCC.CCCCCCCCCCC/C(=N\OC(=O)CCC(=O)O)c1cc(C)ccc1O. The molecular formula is C29H51NO5. The molecule has 0 bridgehead atoms. The summed E-state index contributed by atoms with van der Waals surface area (Å²) in [7, 11) is 0. The van der Waals surface area contributed by atoms with Crippen LogP contribution in [0.3, 0.4) is 0 Å². The fourth-order valence-corrected chi connectivity index (χ4v) is 3.07. The third kappa shape index (κ3) is 21.9. The highest BCUT2D eigenvalue weighted by atomic mass is 16.7. The first-order valence-electron chi connectivity index (χ1n) is 13.5. The predicted molar refractivity (Wildman–Crippen MR) is 146 cm³/mol. The van der Waals surface area contributed by atoms with Gasteiger partial charge in [0.2, 0.25) is 0 Å². The minimum atomic E-state index is -1.06. The highest BCUT2D eigenvalue weighted by Gasteiger charge is 2.13. The number of phenols is 1. The minimum Gasteiger partial charge on any atom is -0.507 e. The number of hydrogen-bond donors (Lipinski definition) is 2. The second-order valence-corrected chi connectivity index (χ2v) is 8.91. The van der Waals surface area contributed by atoms with Crippen molar-refractivity contribution in [2.45, 2.75) is 131 Å². The van der Waals surface area contributed by atoms with Crippen molar-refractivity contribution >= 4 is 17.7 Å². The van der Waals surface area contributed by atoms with Crippen LogP contribution in [0, 0.1) is 6.92 Å². The molecule has 0 saturated heterocycles. The van der Waals surface area contributed by atoms with E-state index in [0.717, 1.165) is 24.8 Å². The number of nitrogens with zero attached hydrogens (tertiary/aromatic N) is 1. The fourth-order valence-electron chi connectivity index (χ4n) is 3.07. The quantitative estimate of drug-likeness (QED) is 0.110. The number of carbonyl (C=O) groups is 2. The lowest BCUT2D eigenvalue weighted by Gasteiger charge is -2.10. The number of hydrogen-bond acceptors (Lipinski definition) is 5. The molecule has 0 heterocycles. The fraction of sp³-hybridized carbons (Fsp3) is 0.690. The normalized spacial score (nSPS) is 10.5. The molecule has 0 amide bonds. The van der Waals surface area contributed by atoms with Gasteiger partial charge in [-0.3, -0.25) is 4.79 Å². The van der Waals surface area contributed by atoms with E-state index in [1.165, 1.54) is 51.4 Å². The average molecular weight is 494 g/mol. The van der Waals surface area contributed by atoms with Gasteiger partial charge in [-0.15, -0.1) is 0 Å². The van der Waals surface area contributed by atoms with Gasteiger partial charge in [0.05, 0.1) is 18.6 Å². The molecule has 0 atom stereocenters. The number of carboxylic acid groups (broad SMARTS) is 1. The largest absolute Gasteiger partial charge is 0.507 e. The van der Waals surface area contributed by atoms with Crippen molar-refractivity contribution in [2.24, 2.45) is 5.16 Å². The molecule has 0 spiro atoms. The molecule has 0 saturated carbocycles. The summed E-state index contributed by atoms with van der Waals surface area (Å²) in [6.07, 6.45) is 13.3. The number of aromatic hydroxyl groups is 1. The number of rotatable bonds is 15. The van der Waals surface area contributed by atoms with E-state index in [9.17, 15) is 14.7 Å². The van der Waals surface area contributed by atoms with Crippen LogP contribution in [0.25, 0.3) is 0 Å². The summed E-state index contributed by atoms with van der Waals surface area (Å²) in [6, 6.07) is 5.21. The average Bonchev–Trinajstić information content (AvgIpc) is 2.81. The van der Waals surface area contributed by atoms with E-state index in [2.05, 4.69) is 39.8 Å². The smallest absolute Gasteiger partial charge is 0.335 e. The van der Waals surface area contributed by atoms with Gasteiger partial charge >= 0.3 is 11.9 Å². The van der Waals surface area contributed by atoms with Gasteiger partial charge in [-0.05, 0) is 31.9 Å². The molecule has 0 aliphatic carbocycles. The lowest BCUT2D eigenvalue weighted by molar-refractivity contribution is -0.147. The van der Waals surface area contributed by atoms with E-state index in [1.807, 2.05) is 13.0 Å². The maximum absolute atomic E-state index is 11.7. The first kappa shape index (κ1) is 34.8. The Hall–Kier alpha value is -2.37. The summed E-state index contributed by atoms with van der Waals surface area (Å²) < 4.78 is 0. The Morgan fingerprint density at radius 1 is 0.800 bits per heavy atom. The molecule has 2 N–H and O–H groups in total. The Morgan fingerprint density at radius 2 is 1.31 bits per heavy atom. The lowest BCUT2D eigenvalue weighted by atomic mass is 10.00. The number of aliphatic carboxylic acids is 1. The minimum absolute atomic E-state index is 0.0897. The molecule has 1 rings (SSSR count). The molecule has 202 valence electrons. The maximum atomic E-state index is 11.7. The van der Waals surface area contributed by atoms with Crippen LogP contribution in [-0.2, 0) is 14.4 Å². The van der Waals surface area contributed by atoms with Crippen LogP contribution >= 0.6 is 0 Å². The topological polar surface area (TPSA) is 96.2 Å². The molecule has 1 aromatic carbocycles. The van der Waals surface area contributed by atoms with Crippen LogP contribution in [0.1, 0.15) is 136 Å². The monoisotopic (exact) mass is 493 g/mol. The van der Waals surface area contributed by atoms with Crippen LogP contribution in [0.2, 0.25) is 0 Å². The molecule has 0 radical (unpaired) electrons. The Kier molecular flexibility index (Phi) is 24.6. The third-order valence-electron chi connectivity index (χ3n) is 4.78. The highest BCUT2D eigenvalue weighted by molar-refractivity contribution is 6.02. The number of carbonyl (C=O) groups excluding carboxylic acids is 1. The molecule has 0 aliphatic heterocycles. The van der Waals surface area contributed by atoms with Gasteiger partial charge in [0, 0.05) is 5.56 Å². The Labute approximate surface area is 214 Å². The van der Waals surface area contributed by atoms with Crippen molar-refractivity contribution in [3.8, 4) is 5.75 Å². The van der Waals surface area contributed by atoms with Crippen molar-refractivity contribution in [3.63, 3.8) is 0 Å². The number of unbranched alkanes of at least 4 members (excludes halogenated alkanes) is 8. The molecule has 6 nitrogen and oxygen atoms in total. The van der Waals surface area contributed by atoms with E-state index in [1.54, 1.807) is 12.1 Å². The van der Waals surface area contributed by atoms with Crippen molar-refractivity contribution in [1.82, 2.24) is 0 Å². The highest BCUT2D eigenvalue weighted by Crippen LogP contribution is 2.22. The summed E-state index contributed by atoms with van der Waals surface area (Å²) in [5.41, 5.74) is 2.03. The van der Waals surface area contributed by atoms with E-state index in [0.29, 0.717) is 17.7 Å². The van der Waals surface area contributed by atoms with Crippen LogP contribution in [-0.4, -0.2) is 27.9 Å². The van der Waals surface area contributed by atoms with Crippen LogP contribution in [0.5, 0.6) is 5.75 Å². The van der Waals surface area contributed by atoms with Gasteiger partial charge in [0.1, 0.15) is 5.75 Å². The third-order valence-corrected chi connectivity index (χ3v) is 4.78. The van der Waals surface area contributed by atoms with Crippen molar-refractivity contribution in [1.29, 1.82) is 0 Å². The van der Waals surface area contributed by atoms with Crippen LogP contribution in [0.15, 0.2) is 23.4 Å². The number of carboxylic acids is 1. The molecule has 0 aliphatic rings. The van der Waals surface area contributed by atoms with Gasteiger partial charge in [0.25, 0.3) is 0 Å². The lowest BCUT2D eigenvalue weighted by Crippen LogP contribution is -2.08. The van der Waals surface area contributed by atoms with E-state index >= 15 is 0 Å². The predicted octanol–water partition coefficient (Wildman–Crippen LogP) is 8.57. The first-order chi connectivity index (χ1) is 16.8. The van der Waals surface area contributed by atoms with Gasteiger partial charge < -0.3 is 15.1 Å². The first-order valence-corrected chi connectivity index (χ1v) is 13.5. The molecular weight excluding hydrogens is 442 g/mol. The van der Waals surface area contributed by atoms with Gasteiger partial charge in [-0.2, -0.15) is 0 Å². The summed E-state index contributed by atoms with van der Waals surface area (Å²) >= 11 is 0. The Balaban J connectivity index is 0. The summed E-state index contributed by atoms with van der Waals surface area (Å²) in [4.78, 5) is 27.2. The zero-order valence-corrected chi connectivity index (χ0v) is 23.2. The summed E-state index contributed by atoms with van der Waals surface area (Å²) in [5.74, 6) is -1.66. The summed E-state index contributed by atoms with van der Waals surface area (Å²) in [6.45, 7) is 12.6. The second-order valence-electron chi connectivity index (χ2n) is 8.91. The molecule has 0 aromatic heterocycles. The Morgan fingerprint density at radius 3 is 1.83 bits per heavy atom. The maximum Gasteiger partial charge on any atom is 0.335 e. The van der Waals surface area contributed by atoms with E-state index < -0.39 is 11.9 Å². The molecule has 1 aromatic rings. The molecule has 6 heteroatoms. The molecule has 0 unspecified atom stereocenters. The zero-order valence-electron chi connectivity index (χ0n) is 23.2. The van der Waals surface area contributed by atoms with Crippen molar-refractivity contribution in [2.75, 3.05) is 0 Å². The van der Waals surface area contributed by atoms with E-state index in [4.69, 9.17) is 9.94 Å². The van der Waals surface area contributed by atoms with Crippen molar-refractivity contribution < 1.29 is 24.6 Å². The zero-order chi connectivity index (χ0) is 26.9. The van der Waals surface area contributed by atoms with Gasteiger partial charge in [0.15, 0.2) is 0 Å². The van der Waals surface area contributed by atoms with Gasteiger partial charge in [-0.25, -0.2) is 4.79 Å². The molecule has 35 heavy (non-hydrogen) atoms. The van der Waals surface area contributed by atoms with Crippen LogP contribution in [0.4, 0.5) is 0 Å². The van der Waals surface area contributed by atoms with E-state index in [-0.39, 0.29) is 18.6 Å². The second kappa shape index (κ2) is 24.7. The number of benzene rings is 1. The Bertz CT molecular complexity index is 698. The standard InChI is InChI=1S/C23H35NO5.2C3H8/c1-3-4-5-6-7-8-9-10-11-12-20(19-17-18(2)13-14-21(19)25)24-29-23(28)16-15-22(26)27;2*1-3-2/h13-14,17,25H,3-12,15-16H2,1-2H3,(H,26,27);2*3H2,1-2H3/b24-20+;;. The molecule has 0 fully saturated rings. The van der Waals surface area contributed by atoms with Crippen LogP contribution < -0.4 is 0 Å². The number of aryl methyl sites for hydroxylation is 1. The summed E-state index contributed by atoms with van der Waals surface area (Å²) in [5, 5.41) is 22.8. The number of oxime groups is 1. The number of phenolic OH excluding ortho intramolecular Hbond substituents is 1. The van der Waals surface area contributed by atoms with Crippen molar-refractivity contribution in [3.05, 3.63) is 29.3 Å². The van der Waals surface area contributed by atoms with Gasteiger partial charge in [-0.1, -0.05) is 116 Å².